The Balaban J connectivity index is 1.83. The van der Waals surface area contributed by atoms with Gasteiger partial charge in [-0.3, -0.25) is 0 Å². The van der Waals surface area contributed by atoms with Crippen LogP contribution < -0.4 is 5.32 Å². The number of nitrogens with one attached hydrogen (secondary N) is 1. The van der Waals surface area contributed by atoms with Crippen LogP contribution in [0.15, 0.2) is 96.1 Å². The lowest BCUT2D eigenvalue weighted by atomic mass is 10.2. The summed E-state index contributed by atoms with van der Waals surface area (Å²) in [4.78, 5) is 4.48. The Morgan fingerprint density at radius 3 is 2.00 bits per heavy atom. The number of benzene rings is 3. The number of halogens is 2. The van der Waals surface area contributed by atoms with Crippen molar-refractivity contribution in [1.82, 2.24) is 4.98 Å². The average molecular weight is 548 g/mol. The molecule has 0 radical (unpaired) electrons. The van der Waals surface area contributed by atoms with Crippen molar-refractivity contribution in [2.45, 2.75) is 16.8 Å². The minimum Gasteiger partial charge on any atom is -0.419 e. The van der Waals surface area contributed by atoms with Crippen LogP contribution >= 0.6 is 31.9 Å². The maximum atomic E-state index is 13.3. The van der Waals surface area contributed by atoms with E-state index in [4.69, 9.17) is 4.42 Å². The van der Waals surface area contributed by atoms with Gasteiger partial charge in [-0.2, -0.15) is 4.98 Å². The van der Waals surface area contributed by atoms with Gasteiger partial charge < -0.3 is 9.73 Å². The molecule has 5 nitrogen and oxygen atoms in total. The van der Waals surface area contributed by atoms with E-state index in [0.29, 0.717) is 11.3 Å². The van der Waals surface area contributed by atoms with E-state index in [9.17, 15) is 8.42 Å². The molecule has 0 spiro atoms. The maximum absolute atomic E-state index is 13.3. The molecular weight excluding hydrogens is 532 g/mol. The second kappa shape index (κ2) is 8.37. The van der Waals surface area contributed by atoms with Gasteiger partial charge in [-0.15, -0.1) is 0 Å². The number of hydrogen-bond acceptors (Lipinski definition) is 5. The molecule has 4 rings (SSSR count). The van der Waals surface area contributed by atoms with Crippen LogP contribution in [0, 0.1) is 6.92 Å². The zero-order valence-corrected chi connectivity index (χ0v) is 19.8. The van der Waals surface area contributed by atoms with Crippen molar-refractivity contribution in [1.29, 1.82) is 0 Å². The van der Waals surface area contributed by atoms with E-state index < -0.39 is 9.84 Å². The van der Waals surface area contributed by atoms with E-state index in [2.05, 4.69) is 42.2 Å². The van der Waals surface area contributed by atoms with Crippen molar-refractivity contribution in [3.05, 3.63) is 87.3 Å². The summed E-state index contributed by atoms with van der Waals surface area (Å²) in [7, 11) is -3.91. The minimum atomic E-state index is -3.91. The Morgan fingerprint density at radius 1 is 0.833 bits per heavy atom. The Bertz CT molecular complexity index is 1280. The molecule has 30 heavy (non-hydrogen) atoms. The fourth-order valence-electron chi connectivity index (χ4n) is 2.78. The average Bonchev–Trinajstić information content (AvgIpc) is 3.15. The lowest BCUT2D eigenvalue weighted by molar-refractivity contribution is 0.582. The summed E-state index contributed by atoms with van der Waals surface area (Å²) in [5, 5.41) is 2.90. The van der Waals surface area contributed by atoms with Gasteiger partial charge in [0.25, 0.3) is 0 Å². The Hall–Kier alpha value is -2.42. The van der Waals surface area contributed by atoms with Gasteiger partial charge >= 0.3 is 0 Å². The predicted molar refractivity (Wildman–Crippen MR) is 124 cm³/mol. The summed E-state index contributed by atoms with van der Waals surface area (Å²) in [6, 6.07) is 21.3. The van der Waals surface area contributed by atoms with Crippen molar-refractivity contribution in [2.24, 2.45) is 0 Å². The van der Waals surface area contributed by atoms with E-state index in [1.54, 1.807) is 12.1 Å². The standard InChI is InChI=1S/C22H16Br2N2O3S/c1-14-2-10-18(11-3-14)25-21-22(30(27,28)19-12-8-17(24)9-13-19)26-20(29-21)15-4-6-16(23)7-5-15/h2-13,25H,1H3. The van der Waals surface area contributed by atoms with E-state index in [1.807, 2.05) is 55.5 Å². The molecule has 0 aliphatic carbocycles. The third-order valence-electron chi connectivity index (χ3n) is 4.38. The summed E-state index contributed by atoms with van der Waals surface area (Å²) >= 11 is 6.72. The number of aromatic nitrogens is 1. The summed E-state index contributed by atoms with van der Waals surface area (Å²) in [5.41, 5.74) is 2.46. The highest BCUT2D eigenvalue weighted by Crippen LogP contribution is 2.34. The molecule has 0 fully saturated rings. The summed E-state index contributed by atoms with van der Waals surface area (Å²) < 4.78 is 34.2. The molecule has 152 valence electrons. The topological polar surface area (TPSA) is 72.2 Å². The molecule has 0 amide bonds. The largest absolute Gasteiger partial charge is 0.419 e. The number of sulfone groups is 1. The van der Waals surface area contributed by atoms with Gasteiger partial charge in [0.15, 0.2) is 0 Å². The van der Waals surface area contributed by atoms with Gasteiger partial charge in [-0.25, -0.2) is 8.42 Å². The van der Waals surface area contributed by atoms with Gasteiger partial charge in [-0.1, -0.05) is 49.6 Å². The van der Waals surface area contributed by atoms with Gasteiger partial charge in [0, 0.05) is 20.2 Å². The monoisotopic (exact) mass is 546 g/mol. The van der Waals surface area contributed by atoms with Crippen LogP contribution in [0.4, 0.5) is 11.6 Å². The van der Waals surface area contributed by atoms with Crippen molar-refractivity contribution < 1.29 is 12.8 Å². The zero-order chi connectivity index (χ0) is 21.3. The lowest BCUT2D eigenvalue weighted by Crippen LogP contribution is -2.05. The summed E-state index contributed by atoms with van der Waals surface area (Å²) in [5.74, 6) is 0.285. The molecule has 0 unspecified atom stereocenters. The van der Waals surface area contributed by atoms with Crippen molar-refractivity contribution in [3.8, 4) is 11.5 Å². The SMILES string of the molecule is Cc1ccc(Nc2oc(-c3ccc(Br)cc3)nc2S(=O)(=O)c2ccc(Br)cc2)cc1. The normalized spacial score (nSPS) is 11.4. The smallest absolute Gasteiger partial charge is 0.238 e. The van der Waals surface area contributed by atoms with E-state index in [0.717, 1.165) is 14.5 Å². The van der Waals surface area contributed by atoms with Crippen LogP contribution in [0.1, 0.15) is 5.56 Å². The molecular formula is C22H16Br2N2O3S. The molecule has 0 bridgehead atoms. The second-order valence-corrected chi connectivity index (χ2v) is 10.3. The molecule has 1 aromatic heterocycles. The number of oxazole rings is 1. The lowest BCUT2D eigenvalue weighted by Gasteiger charge is -2.06. The predicted octanol–water partition coefficient (Wildman–Crippen LogP) is 6.75. The first-order chi connectivity index (χ1) is 14.3. The molecule has 0 saturated carbocycles. The van der Waals surface area contributed by atoms with Gasteiger partial charge in [0.2, 0.25) is 26.6 Å². The van der Waals surface area contributed by atoms with E-state index in [1.165, 1.54) is 12.1 Å². The van der Waals surface area contributed by atoms with Crippen LogP contribution in [0.3, 0.4) is 0 Å². The van der Waals surface area contributed by atoms with Crippen LogP contribution in [0.5, 0.6) is 0 Å². The summed E-state index contributed by atoms with van der Waals surface area (Å²) in [6.07, 6.45) is 0. The third-order valence-corrected chi connectivity index (χ3v) is 7.11. The molecule has 3 aromatic carbocycles. The van der Waals surface area contributed by atoms with Crippen molar-refractivity contribution in [2.75, 3.05) is 5.32 Å². The fraction of sp³-hybridized carbons (Fsp3) is 0.0455. The van der Waals surface area contributed by atoms with E-state index in [-0.39, 0.29) is 21.7 Å². The first kappa shape index (κ1) is 20.8. The molecule has 8 heteroatoms. The Kier molecular flexibility index (Phi) is 5.81. The first-order valence-corrected chi connectivity index (χ1v) is 12.0. The first-order valence-electron chi connectivity index (χ1n) is 8.94. The maximum Gasteiger partial charge on any atom is 0.238 e. The number of nitrogens with zero attached hydrogens (tertiary/aromatic N) is 1. The highest BCUT2D eigenvalue weighted by Gasteiger charge is 2.28. The van der Waals surface area contributed by atoms with E-state index >= 15 is 0 Å². The van der Waals surface area contributed by atoms with Crippen LogP contribution in [0.25, 0.3) is 11.5 Å². The van der Waals surface area contributed by atoms with Crippen LogP contribution in [0.2, 0.25) is 0 Å². The zero-order valence-electron chi connectivity index (χ0n) is 15.8. The van der Waals surface area contributed by atoms with Gasteiger partial charge in [-0.05, 0) is 67.6 Å². The molecule has 1 N–H and O–H groups in total. The van der Waals surface area contributed by atoms with Crippen LogP contribution in [-0.2, 0) is 9.84 Å². The number of anilines is 2. The fourth-order valence-corrected chi connectivity index (χ4v) is 4.56. The van der Waals surface area contributed by atoms with Crippen molar-refractivity contribution in [3.63, 3.8) is 0 Å². The number of aryl methyl sites for hydroxylation is 1. The Labute approximate surface area is 191 Å². The highest BCUT2D eigenvalue weighted by molar-refractivity contribution is 9.10. The third kappa shape index (κ3) is 4.35. The molecule has 0 atom stereocenters. The van der Waals surface area contributed by atoms with Gasteiger partial charge in [0.1, 0.15) is 0 Å². The minimum absolute atomic E-state index is 0.0692. The molecule has 4 aromatic rings. The Morgan fingerprint density at radius 2 is 1.40 bits per heavy atom. The van der Waals surface area contributed by atoms with Crippen molar-refractivity contribution >= 4 is 53.3 Å². The number of rotatable bonds is 5. The second-order valence-electron chi connectivity index (χ2n) is 6.61. The molecule has 1 heterocycles. The molecule has 0 aliphatic heterocycles. The molecule has 0 aliphatic rings. The quantitative estimate of drug-likeness (QED) is 0.299. The number of hydrogen-bond donors (Lipinski definition) is 1. The molecule has 0 saturated heterocycles. The summed E-state index contributed by atoms with van der Waals surface area (Å²) in [6.45, 7) is 1.98. The van der Waals surface area contributed by atoms with Gasteiger partial charge in [0.05, 0.1) is 4.90 Å². The highest BCUT2D eigenvalue weighted by atomic mass is 79.9. The van der Waals surface area contributed by atoms with Crippen LogP contribution in [-0.4, -0.2) is 13.4 Å².